The van der Waals surface area contributed by atoms with E-state index in [9.17, 15) is 8.42 Å². The summed E-state index contributed by atoms with van der Waals surface area (Å²) in [5.41, 5.74) is -1.52. The topological polar surface area (TPSA) is 52.6 Å². The molecule has 0 aliphatic carbocycles. The highest BCUT2D eigenvalue weighted by Gasteiger charge is 2.27. The van der Waals surface area contributed by atoms with Crippen molar-refractivity contribution in [3.63, 3.8) is 0 Å². The second-order valence-corrected chi connectivity index (χ2v) is 5.95. The summed E-state index contributed by atoms with van der Waals surface area (Å²) in [6.07, 6.45) is 0. The molecule has 0 aromatic carbocycles. The van der Waals surface area contributed by atoms with E-state index >= 15 is 0 Å². The molecule has 0 aromatic heterocycles. The predicted molar refractivity (Wildman–Crippen MR) is 50.6 cm³/mol. The molecule has 0 saturated heterocycles. The van der Waals surface area contributed by atoms with Gasteiger partial charge in [-0.05, 0) is 41.5 Å². The second-order valence-electron chi connectivity index (χ2n) is 4.80. The monoisotopic (exact) mass is 210 g/mol. The van der Waals surface area contributed by atoms with E-state index in [0.29, 0.717) is 0 Å². The van der Waals surface area contributed by atoms with Crippen molar-refractivity contribution >= 4 is 10.4 Å². The lowest BCUT2D eigenvalue weighted by atomic mass is 10.2. The van der Waals surface area contributed by atoms with E-state index in [4.69, 9.17) is 8.37 Å². The molecule has 5 heteroatoms. The minimum atomic E-state index is -3.90. The van der Waals surface area contributed by atoms with Crippen LogP contribution in [0.3, 0.4) is 0 Å². The molecule has 0 aliphatic heterocycles. The van der Waals surface area contributed by atoms with Crippen LogP contribution in [0.2, 0.25) is 0 Å². The molecule has 0 heterocycles. The van der Waals surface area contributed by atoms with Gasteiger partial charge in [0.1, 0.15) is 0 Å². The van der Waals surface area contributed by atoms with Crippen LogP contribution in [0.1, 0.15) is 41.5 Å². The Kier molecular flexibility index (Phi) is 3.52. The minimum Gasteiger partial charge on any atom is -0.242 e. The van der Waals surface area contributed by atoms with Gasteiger partial charge in [-0.15, -0.1) is 0 Å². The summed E-state index contributed by atoms with van der Waals surface area (Å²) in [7, 11) is -3.90. The summed E-state index contributed by atoms with van der Waals surface area (Å²) < 4.78 is 31.9. The maximum Gasteiger partial charge on any atom is 0.400 e. The van der Waals surface area contributed by atoms with Gasteiger partial charge in [-0.25, -0.2) is 8.37 Å². The normalized spacial score (nSPS) is 14.6. The highest BCUT2D eigenvalue weighted by Crippen LogP contribution is 2.18. The first kappa shape index (κ1) is 12.9. The van der Waals surface area contributed by atoms with Crippen LogP contribution in [0.5, 0.6) is 0 Å². The van der Waals surface area contributed by atoms with Crippen molar-refractivity contribution in [3.05, 3.63) is 0 Å². The molecule has 0 aliphatic rings. The van der Waals surface area contributed by atoms with Gasteiger partial charge in [0.25, 0.3) is 0 Å². The number of rotatable bonds is 2. The fraction of sp³-hybridized carbons (Fsp3) is 1.00. The van der Waals surface area contributed by atoms with E-state index in [0.717, 1.165) is 0 Å². The van der Waals surface area contributed by atoms with Crippen molar-refractivity contribution in [2.45, 2.75) is 52.7 Å². The molecular weight excluding hydrogens is 192 g/mol. The Balaban J connectivity index is 4.46. The largest absolute Gasteiger partial charge is 0.400 e. The summed E-state index contributed by atoms with van der Waals surface area (Å²) in [6.45, 7) is 9.90. The average molecular weight is 210 g/mol. The van der Waals surface area contributed by atoms with E-state index in [1.54, 1.807) is 41.5 Å². The van der Waals surface area contributed by atoms with Gasteiger partial charge in [0.2, 0.25) is 0 Å². The highest BCUT2D eigenvalue weighted by atomic mass is 32.3. The van der Waals surface area contributed by atoms with Crippen LogP contribution in [0.25, 0.3) is 0 Å². The molecule has 80 valence electrons. The highest BCUT2D eigenvalue weighted by molar-refractivity contribution is 7.81. The molecule has 0 spiro atoms. The maximum atomic E-state index is 11.2. The average Bonchev–Trinajstić information content (AvgIpc) is 1.43. The van der Waals surface area contributed by atoms with E-state index in [1.165, 1.54) is 0 Å². The van der Waals surface area contributed by atoms with Gasteiger partial charge in [0, 0.05) is 0 Å². The van der Waals surface area contributed by atoms with Gasteiger partial charge in [0.05, 0.1) is 11.2 Å². The molecule has 0 radical (unpaired) electrons. The van der Waals surface area contributed by atoms with Crippen LogP contribution in [0, 0.1) is 0 Å². The first-order valence-corrected chi connectivity index (χ1v) is 5.41. The molecule has 0 rings (SSSR count). The molecule has 13 heavy (non-hydrogen) atoms. The molecule has 0 amide bonds. The van der Waals surface area contributed by atoms with Gasteiger partial charge in [-0.2, -0.15) is 8.42 Å². The van der Waals surface area contributed by atoms with Crippen LogP contribution in [-0.4, -0.2) is 19.6 Å². The molecule has 0 fully saturated rings. The molecule has 0 atom stereocenters. The zero-order valence-electron chi connectivity index (χ0n) is 9.04. The lowest BCUT2D eigenvalue weighted by Gasteiger charge is -2.23. The Morgan fingerprint density at radius 1 is 0.769 bits per heavy atom. The predicted octanol–water partition coefficient (Wildman–Crippen LogP) is 1.86. The van der Waals surface area contributed by atoms with Gasteiger partial charge >= 0.3 is 10.4 Å². The van der Waals surface area contributed by atoms with E-state index in [1.807, 2.05) is 0 Å². The Labute approximate surface area is 80.6 Å². The first-order valence-electron chi connectivity index (χ1n) is 4.07. The Morgan fingerprint density at radius 3 is 1.15 bits per heavy atom. The van der Waals surface area contributed by atoms with Crippen LogP contribution < -0.4 is 0 Å². The maximum absolute atomic E-state index is 11.2. The van der Waals surface area contributed by atoms with Crippen LogP contribution in [0.15, 0.2) is 0 Å². The lowest BCUT2D eigenvalue weighted by Crippen LogP contribution is -2.31. The summed E-state index contributed by atoms with van der Waals surface area (Å²) in [6, 6.07) is 0. The van der Waals surface area contributed by atoms with Crippen molar-refractivity contribution < 1.29 is 16.8 Å². The third-order valence-corrected chi connectivity index (χ3v) is 2.11. The summed E-state index contributed by atoms with van der Waals surface area (Å²) in [4.78, 5) is 0. The molecular formula is C8H18O4S. The van der Waals surface area contributed by atoms with Crippen molar-refractivity contribution in [3.8, 4) is 0 Å². The van der Waals surface area contributed by atoms with Crippen molar-refractivity contribution in [1.29, 1.82) is 0 Å². The van der Waals surface area contributed by atoms with Crippen molar-refractivity contribution in [1.82, 2.24) is 0 Å². The van der Waals surface area contributed by atoms with Crippen LogP contribution in [0.4, 0.5) is 0 Å². The van der Waals surface area contributed by atoms with Crippen molar-refractivity contribution in [2.75, 3.05) is 0 Å². The van der Waals surface area contributed by atoms with Gasteiger partial charge in [0.15, 0.2) is 0 Å². The fourth-order valence-corrected chi connectivity index (χ4v) is 1.89. The zero-order chi connectivity index (χ0) is 10.9. The smallest absolute Gasteiger partial charge is 0.242 e. The first-order chi connectivity index (χ1) is 5.41. The fourth-order valence-electron chi connectivity index (χ4n) is 0.629. The number of hydrogen-bond donors (Lipinski definition) is 0. The van der Waals surface area contributed by atoms with E-state index < -0.39 is 21.6 Å². The summed E-state index contributed by atoms with van der Waals surface area (Å²) in [5, 5.41) is 0. The summed E-state index contributed by atoms with van der Waals surface area (Å²) in [5.74, 6) is 0. The van der Waals surface area contributed by atoms with Gasteiger partial charge in [-0.3, -0.25) is 0 Å². The summed E-state index contributed by atoms with van der Waals surface area (Å²) >= 11 is 0. The van der Waals surface area contributed by atoms with Crippen molar-refractivity contribution in [2.24, 2.45) is 0 Å². The molecule has 0 N–H and O–H groups in total. The van der Waals surface area contributed by atoms with Gasteiger partial charge in [-0.1, -0.05) is 0 Å². The third-order valence-electron chi connectivity index (χ3n) is 0.704. The standard InChI is InChI=1S/C8H18O4S/c1-7(2,3)11-13(9,10)12-8(4,5)6/h1-6H3. The Morgan fingerprint density at radius 2 is 1.00 bits per heavy atom. The van der Waals surface area contributed by atoms with Crippen LogP contribution >= 0.6 is 0 Å². The minimum absolute atomic E-state index is 0.760. The number of hydrogen-bond acceptors (Lipinski definition) is 4. The molecule has 0 unspecified atom stereocenters. The molecule has 0 saturated carbocycles. The van der Waals surface area contributed by atoms with Crippen LogP contribution in [-0.2, 0) is 18.8 Å². The van der Waals surface area contributed by atoms with E-state index in [-0.39, 0.29) is 0 Å². The van der Waals surface area contributed by atoms with E-state index in [2.05, 4.69) is 0 Å². The SMILES string of the molecule is CC(C)(C)OS(=O)(=O)OC(C)(C)C. The third kappa shape index (κ3) is 8.21. The molecule has 4 nitrogen and oxygen atoms in total. The quantitative estimate of drug-likeness (QED) is 0.698. The Hall–Kier alpha value is -0.130. The second kappa shape index (κ2) is 3.55. The lowest BCUT2D eigenvalue weighted by molar-refractivity contribution is 0.0593. The molecule has 0 aromatic rings. The zero-order valence-corrected chi connectivity index (χ0v) is 9.86. The molecule has 0 bridgehead atoms. The van der Waals surface area contributed by atoms with Gasteiger partial charge < -0.3 is 0 Å². The Bertz CT molecular complexity index is 231.